The van der Waals surface area contributed by atoms with Crippen molar-refractivity contribution >= 4 is 58.1 Å². The third-order valence-electron chi connectivity index (χ3n) is 3.44. The first kappa shape index (κ1) is 21.0. The average Bonchev–Trinajstić information content (AvgIpc) is 3.16. The maximum Gasteiger partial charge on any atom is 0.234 e. The Bertz CT molecular complexity index is 902. The quantitative estimate of drug-likeness (QED) is 0.426. The number of anilines is 1. The Morgan fingerprint density at radius 1 is 1.07 bits per heavy atom. The second-order valence-corrected chi connectivity index (χ2v) is 9.40. The molecule has 1 amide bonds. The average molecular weight is 452 g/mol. The fraction of sp³-hybridized carbons (Fsp3) is 0.211. The van der Waals surface area contributed by atoms with Gasteiger partial charge in [-0.05, 0) is 48.9 Å². The molecule has 2 aromatic carbocycles. The topological polar surface area (TPSA) is 64.1 Å². The van der Waals surface area contributed by atoms with Gasteiger partial charge in [0.1, 0.15) is 5.75 Å². The predicted molar refractivity (Wildman–Crippen MR) is 118 cm³/mol. The van der Waals surface area contributed by atoms with Crippen LogP contribution in [0.25, 0.3) is 0 Å². The van der Waals surface area contributed by atoms with Crippen LogP contribution in [0.3, 0.4) is 0 Å². The monoisotopic (exact) mass is 451 g/mol. The normalized spacial score (nSPS) is 10.6. The highest BCUT2D eigenvalue weighted by molar-refractivity contribution is 8.03. The second kappa shape index (κ2) is 10.7. The standard InChI is InChI=1S/C19H18ClN3O2S3/c1-2-25-16-9-7-15(8-10-16)21-17(24)12-27-19-23-22-18(28-19)26-11-13-3-5-14(20)6-4-13/h3-10H,2,11-12H2,1H3,(H,21,24). The fourth-order valence-corrected chi connectivity index (χ4v) is 5.07. The Balaban J connectivity index is 1.43. The molecule has 1 heterocycles. The molecule has 0 saturated heterocycles. The van der Waals surface area contributed by atoms with E-state index in [4.69, 9.17) is 16.3 Å². The number of thioether (sulfide) groups is 2. The van der Waals surface area contributed by atoms with Gasteiger partial charge in [-0.3, -0.25) is 4.79 Å². The molecule has 5 nitrogen and oxygen atoms in total. The second-order valence-electron chi connectivity index (χ2n) is 5.54. The minimum absolute atomic E-state index is 0.0836. The van der Waals surface area contributed by atoms with Gasteiger partial charge in [0.2, 0.25) is 5.91 Å². The lowest BCUT2D eigenvalue weighted by molar-refractivity contribution is -0.113. The highest BCUT2D eigenvalue weighted by Gasteiger charge is 2.09. The van der Waals surface area contributed by atoms with Crippen molar-refractivity contribution in [1.82, 2.24) is 10.2 Å². The molecule has 28 heavy (non-hydrogen) atoms. The largest absolute Gasteiger partial charge is 0.494 e. The van der Waals surface area contributed by atoms with Gasteiger partial charge in [0.15, 0.2) is 8.68 Å². The summed E-state index contributed by atoms with van der Waals surface area (Å²) in [5.41, 5.74) is 1.92. The number of nitrogens with zero attached hydrogens (tertiary/aromatic N) is 2. The van der Waals surface area contributed by atoms with Crippen molar-refractivity contribution in [1.29, 1.82) is 0 Å². The molecule has 0 radical (unpaired) electrons. The van der Waals surface area contributed by atoms with E-state index < -0.39 is 0 Å². The highest BCUT2D eigenvalue weighted by Crippen LogP contribution is 2.31. The number of benzene rings is 2. The summed E-state index contributed by atoms with van der Waals surface area (Å²) in [7, 11) is 0. The molecule has 3 rings (SSSR count). The SMILES string of the molecule is CCOc1ccc(NC(=O)CSc2nnc(SCc3ccc(Cl)cc3)s2)cc1. The maximum atomic E-state index is 12.1. The summed E-state index contributed by atoms with van der Waals surface area (Å²) in [5.74, 6) is 1.78. The number of amides is 1. The lowest BCUT2D eigenvalue weighted by atomic mass is 10.2. The molecule has 1 aromatic heterocycles. The zero-order valence-corrected chi connectivity index (χ0v) is 18.3. The van der Waals surface area contributed by atoms with Gasteiger partial charge in [-0.2, -0.15) is 0 Å². The highest BCUT2D eigenvalue weighted by atomic mass is 35.5. The summed E-state index contributed by atoms with van der Waals surface area (Å²) < 4.78 is 7.05. The number of rotatable bonds is 9. The number of halogens is 1. The van der Waals surface area contributed by atoms with Crippen molar-refractivity contribution < 1.29 is 9.53 Å². The van der Waals surface area contributed by atoms with Crippen molar-refractivity contribution in [3.05, 3.63) is 59.1 Å². The molecule has 0 aliphatic carbocycles. The fourth-order valence-electron chi connectivity index (χ4n) is 2.17. The molecule has 0 aliphatic rings. The van der Waals surface area contributed by atoms with Crippen molar-refractivity contribution in [3.63, 3.8) is 0 Å². The minimum Gasteiger partial charge on any atom is -0.494 e. The molecule has 146 valence electrons. The van der Waals surface area contributed by atoms with E-state index in [2.05, 4.69) is 15.5 Å². The van der Waals surface area contributed by atoms with Crippen LogP contribution in [-0.2, 0) is 10.5 Å². The molecule has 3 aromatic rings. The lowest BCUT2D eigenvalue weighted by Gasteiger charge is -2.06. The van der Waals surface area contributed by atoms with Gasteiger partial charge in [0.05, 0.1) is 12.4 Å². The van der Waals surface area contributed by atoms with Gasteiger partial charge in [0.25, 0.3) is 0 Å². The van der Waals surface area contributed by atoms with Crippen LogP contribution >= 0.6 is 46.5 Å². The van der Waals surface area contributed by atoms with Crippen molar-refractivity contribution in [3.8, 4) is 5.75 Å². The van der Waals surface area contributed by atoms with Gasteiger partial charge in [-0.25, -0.2) is 0 Å². The van der Waals surface area contributed by atoms with Crippen LogP contribution in [0.1, 0.15) is 12.5 Å². The predicted octanol–water partition coefficient (Wildman–Crippen LogP) is 5.61. The van der Waals surface area contributed by atoms with E-state index in [-0.39, 0.29) is 11.7 Å². The minimum atomic E-state index is -0.0836. The smallest absolute Gasteiger partial charge is 0.234 e. The first-order valence-corrected chi connectivity index (χ1v) is 11.6. The molecule has 0 unspecified atom stereocenters. The van der Waals surface area contributed by atoms with Crippen LogP contribution in [0.4, 0.5) is 5.69 Å². The van der Waals surface area contributed by atoms with E-state index in [1.165, 1.54) is 28.7 Å². The summed E-state index contributed by atoms with van der Waals surface area (Å²) in [6.45, 7) is 2.55. The Labute approximate surface area is 181 Å². The Morgan fingerprint density at radius 2 is 1.75 bits per heavy atom. The number of hydrogen-bond acceptors (Lipinski definition) is 7. The summed E-state index contributed by atoms with van der Waals surface area (Å²) in [5, 5.41) is 11.9. The van der Waals surface area contributed by atoms with E-state index >= 15 is 0 Å². The molecule has 0 fully saturated rings. The van der Waals surface area contributed by atoms with Gasteiger partial charge in [-0.1, -0.05) is 58.6 Å². The lowest BCUT2D eigenvalue weighted by Crippen LogP contribution is -2.13. The van der Waals surface area contributed by atoms with E-state index in [0.717, 1.165) is 30.9 Å². The molecule has 0 spiro atoms. The Hall–Kier alpha value is -1.74. The number of carbonyl (C=O) groups excluding carboxylic acids is 1. The van der Waals surface area contributed by atoms with E-state index in [1.54, 1.807) is 11.8 Å². The van der Waals surface area contributed by atoms with Crippen LogP contribution < -0.4 is 10.1 Å². The molecule has 0 saturated carbocycles. The van der Waals surface area contributed by atoms with Gasteiger partial charge < -0.3 is 10.1 Å². The van der Waals surface area contributed by atoms with Crippen LogP contribution in [0.5, 0.6) is 5.75 Å². The number of hydrogen-bond donors (Lipinski definition) is 1. The van der Waals surface area contributed by atoms with Gasteiger partial charge in [0, 0.05) is 16.5 Å². The summed E-state index contributed by atoms with van der Waals surface area (Å²) in [4.78, 5) is 12.1. The van der Waals surface area contributed by atoms with Crippen molar-refractivity contribution in [2.45, 2.75) is 21.4 Å². The zero-order chi connectivity index (χ0) is 19.8. The third-order valence-corrected chi connectivity index (χ3v) is 6.95. The van der Waals surface area contributed by atoms with Crippen LogP contribution in [0.15, 0.2) is 57.2 Å². The van der Waals surface area contributed by atoms with Gasteiger partial charge >= 0.3 is 0 Å². The Kier molecular flexibility index (Phi) is 8.02. The molecular formula is C19H18ClN3O2S3. The zero-order valence-electron chi connectivity index (χ0n) is 15.1. The van der Waals surface area contributed by atoms with Crippen LogP contribution in [-0.4, -0.2) is 28.5 Å². The summed E-state index contributed by atoms with van der Waals surface area (Å²) >= 11 is 10.4. The van der Waals surface area contributed by atoms with E-state index in [1.807, 2.05) is 55.5 Å². The van der Waals surface area contributed by atoms with Crippen LogP contribution in [0, 0.1) is 0 Å². The summed E-state index contributed by atoms with van der Waals surface area (Å²) in [6.07, 6.45) is 0. The number of carbonyl (C=O) groups is 1. The van der Waals surface area contributed by atoms with E-state index in [9.17, 15) is 4.79 Å². The third kappa shape index (κ3) is 6.70. The molecule has 0 aliphatic heterocycles. The first-order valence-electron chi connectivity index (χ1n) is 8.48. The molecule has 9 heteroatoms. The van der Waals surface area contributed by atoms with E-state index in [0.29, 0.717) is 6.61 Å². The molecular weight excluding hydrogens is 434 g/mol. The number of ether oxygens (including phenoxy) is 1. The Morgan fingerprint density at radius 3 is 2.43 bits per heavy atom. The maximum absolute atomic E-state index is 12.1. The van der Waals surface area contributed by atoms with Crippen molar-refractivity contribution in [2.24, 2.45) is 0 Å². The van der Waals surface area contributed by atoms with Crippen molar-refractivity contribution in [2.75, 3.05) is 17.7 Å². The first-order chi connectivity index (χ1) is 13.6. The summed E-state index contributed by atoms with van der Waals surface area (Å²) in [6, 6.07) is 15.1. The van der Waals surface area contributed by atoms with Crippen LogP contribution in [0.2, 0.25) is 5.02 Å². The molecule has 0 bridgehead atoms. The molecule has 0 atom stereocenters. The number of aromatic nitrogens is 2. The molecule has 1 N–H and O–H groups in total. The van der Waals surface area contributed by atoms with Gasteiger partial charge in [-0.15, -0.1) is 10.2 Å². The number of nitrogens with one attached hydrogen (secondary N) is 1.